The minimum absolute atomic E-state index is 0.155. The summed E-state index contributed by atoms with van der Waals surface area (Å²) in [7, 11) is 0. The lowest BCUT2D eigenvalue weighted by Gasteiger charge is -2.32. The molecule has 5 heteroatoms. The Hall–Kier alpha value is -0.290. The predicted octanol–water partition coefficient (Wildman–Crippen LogP) is 2.86. The molecule has 102 valence electrons. The first-order chi connectivity index (χ1) is 7.79. The van der Waals surface area contributed by atoms with Gasteiger partial charge in [0, 0.05) is 12.1 Å². The van der Waals surface area contributed by atoms with Crippen LogP contribution in [-0.2, 0) is 0 Å². The molecule has 0 spiro atoms. The molecule has 0 heterocycles. The lowest BCUT2D eigenvalue weighted by Crippen LogP contribution is -2.42. The lowest BCUT2D eigenvalue weighted by molar-refractivity contribution is -0.182. The average molecular weight is 253 g/mol. The second kappa shape index (κ2) is 6.05. The highest BCUT2D eigenvalue weighted by molar-refractivity contribution is 4.82. The Kier molecular flexibility index (Phi) is 5.25. The maximum Gasteiger partial charge on any atom is 0.391 e. The van der Waals surface area contributed by atoms with E-state index in [0.29, 0.717) is 19.3 Å². The van der Waals surface area contributed by atoms with Crippen molar-refractivity contribution in [1.82, 2.24) is 5.32 Å². The Morgan fingerprint density at radius 2 is 1.71 bits per heavy atom. The van der Waals surface area contributed by atoms with Crippen molar-refractivity contribution >= 4 is 0 Å². The highest BCUT2D eigenvalue weighted by Crippen LogP contribution is 2.37. The summed E-state index contributed by atoms with van der Waals surface area (Å²) in [6.07, 6.45) is -2.16. The van der Waals surface area contributed by atoms with E-state index in [9.17, 15) is 18.3 Å². The van der Waals surface area contributed by atoms with Crippen molar-refractivity contribution < 1.29 is 18.3 Å². The lowest BCUT2D eigenvalue weighted by atomic mass is 9.85. The number of rotatable bonds is 4. The van der Waals surface area contributed by atoms with Gasteiger partial charge < -0.3 is 10.4 Å². The molecule has 17 heavy (non-hydrogen) atoms. The van der Waals surface area contributed by atoms with Crippen LogP contribution in [0.25, 0.3) is 0 Å². The molecule has 1 saturated carbocycles. The van der Waals surface area contributed by atoms with Gasteiger partial charge in [-0.05, 0) is 46.0 Å². The van der Waals surface area contributed by atoms with E-state index in [0.717, 1.165) is 0 Å². The molecule has 2 N–H and O–H groups in total. The largest absolute Gasteiger partial charge is 0.393 e. The summed E-state index contributed by atoms with van der Waals surface area (Å²) >= 11 is 0. The summed E-state index contributed by atoms with van der Waals surface area (Å²) in [6, 6.07) is 0.324. The van der Waals surface area contributed by atoms with Gasteiger partial charge in [0.15, 0.2) is 0 Å². The van der Waals surface area contributed by atoms with Gasteiger partial charge in [-0.1, -0.05) is 0 Å². The van der Waals surface area contributed by atoms with Crippen molar-refractivity contribution in [3.63, 3.8) is 0 Å². The maximum absolute atomic E-state index is 12.4. The molecule has 2 nitrogen and oxygen atoms in total. The first-order valence-electron chi connectivity index (χ1n) is 6.30. The van der Waals surface area contributed by atoms with Crippen LogP contribution in [0.5, 0.6) is 0 Å². The van der Waals surface area contributed by atoms with Gasteiger partial charge in [0.2, 0.25) is 0 Å². The minimum atomic E-state index is -4.03. The van der Waals surface area contributed by atoms with E-state index < -0.39 is 12.1 Å². The number of hydrogen-bond acceptors (Lipinski definition) is 2. The van der Waals surface area contributed by atoms with E-state index >= 15 is 0 Å². The van der Waals surface area contributed by atoms with Crippen LogP contribution >= 0.6 is 0 Å². The first kappa shape index (κ1) is 14.8. The molecule has 0 aliphatic heterocycles. The zero-order valence-electron chi connectivity index (χ0n) is 10.4. The van der Waals surface area contributed by atoms with E-state index in [4.69, 9.17) is 0 Å². The third-order valence-corrected chi connectivity index (χ3v) is 3.40. The molecule has 0 bridgehead atoms. The third-order valence-electron chi connectivity index (χ3n) is 3.40. The topological polar surface area (TPSA) is 32.3 Å². The molecule has 1 rings (SSSR count). The molecule has 0 amide bonds. The van der Waals surface area contributed by atoms with Gasteiger partial charge >= 0.3 is 6.18 Å². The Labute approximate surface area is 101 Å². The van der Waals surface area contributed by atoms with E-state index in [1.165, 1.54) is 0 Å². The van der Waals surface area contributed by atoms with Crippen molar-refractivity contribution in [3.8, 4) is 0 Å². The highest BCUT2D eigenvalue weighted by Gasteiger charge is 2.41. The number of halogens is 3. The Bertz CT molecular complexity index is 222. The van der Waals surface area contributed by atoms with Gasteiger partial charge in [0.1, 0.15) is 0 Å². The van der Waals surface area contributed by atoms with Crippen molar-refractivity contribution in [2.45, 2.75) is 70.3 Å². The number of alkyl halides is 3. The summed E-state index contributed by atoms with van der Waals surface area (Å²) in [5.74, 6) is -1.12. The highest BCUT2D eigenvalue weighted by atomic mass is 19.4. The van der Waals surface area contributed by atoms with Gasteiger partial charge in [0.25, 0.3) is 0 Å². The predicted molar refractivity (Wildman–Crippen MR) is 60.7 cm³/mol. The zero-order valence-corrected chi connectivity index (χ0v) is 10.4. The SMILES string of the molecule is CC(O)CC(C)NC1CCC(C(F)(F)F)CC1. The third kappa shape index (κ3) is 5.25. The molecule has 2 atom stereocenters. The van der Waals surface area contributed by atoms with Crippen LogP contribution in [-0.4, -0.2) is 29.5 Å². The standard InChI is InChI=1S/C12H22F3NO/c1-8(7-9(2)17)16-11-5-3-10(4-6-11)12(13,14)15/h8-11,16-17H,3-7H2,1-2H3. The molecular weight excluding hydrogens is 231 g/mol. The molecule has 0 aromatic heterocycles. The number of hydrogen-bond donors (Lipinski definition) is 2. The van der Waals surface area contributed by atoms with Crippen molar-refractivity contribution in [3.05, 3.63) is 0 Å². The van der Waals surface area contributed by atoms with Gasteiger partial charge in [-0.25, -0.2) is 0 Å². The summed E-state index contributed by atoms with van der Waals surface area (Å²) < 4.78 is 37.3. The van der Waals surface area contributed by atoms with Gasteiger partial charge in [-0.15, -0.1) is 0 Å². The summed E-state index contributed by atoms with van der Waals surface area (Å²) in [5, 5.41) is 12.5. The van der Waals surface area contributed by atoms with Crippen LogP contribution in [0.4, 0.5) is 13.2 Å². The van der Waals surface area contributed by atoms with E-state index in [-0.39, 0.29) is 31.0 Å². The molecule has 1 aliphatic rings. The Morgan fingerprint density at radius 3 is 2.12 bits per heavy atom. The van der Waals surface area contributed by atoms with E-state index in [2.05, 4.69) is 5.32 Å². The van der Waals surface area contributed by atoms with Crippen LogP contribution < -0.4 is 5.32 Å². The van der Waals surface area contributed by atoms with Crippen LogP contribution in [0.1, 0.15) is 46.0 Å². The average Bonchev–Trinajstić information content (AvgIpc) is 2.15. The minimum Gasteiger partial charge on any atom is -0.393 e. The molecule has 0 aromatic carbocycles. The normalized spacial score (nSPS) is 30.0. The molecule has 0 aromatic rings. The van der Waals surface area contributed by atoms with Crippen LogP contribution in [0, 0.1) is 5.92 Å². The van der Waals surface area contributed by atoms with Crippen LogP contribution in [0.3, 0.4) is 0 Å². The van der Waals surface area contributed by atoms with E-state index in [1.807, 2.05) is 6.92 Å². The first-order valence-corrected chi connectivity index (χ1v) is 6.30. The summed E-state index contributed by atoms with van der Waals surface area (Å²) in [4.78, 5) is 0. The summed E-state index contributed by atoms with van der Waals surface area (Å²) in [6.45, 7) is 3.68. The molecule has 1 aliphatic carbocycles. The zero-order chi connectivity index (χ0) is 13.1. The van der Waals surface area contributed by atoms with Gasteiger partial charge in [0.05, 0.1) is 12.0 Å². The second-order valence-electron chi connectivity index (χ2n) is 5.24. The fraction of sp³-hybridized carbons (Fsp3) is 1.00. The van der Waals surface area contributed by atoms with Crippen LogP contribution in [0.15, 0.2) is 0 Å². The fourth-order valence-electron chi connectivity index (χ4n) is 2.57. The number of aliphatic hydroxyl groups excluding tert-OH is 1. The molecular formula is C12H22F3NO. The Morgan fingerprint density at radius 1 is 1.18 bits per heavy atom. The van der Waals surface area contributed by atoms with Crippen molar-refractivity contribution in [1.29, 1.82) is 0 Å². The quantitative estimate of drug-likeness (QED) is 0.807. The van der Waals surface area contributed by atoms with Crippen LogP contribution in [0.2, 0.25) is 0 Å². The smallest absolute Gasteiger partial charge is 0.391 e. The second-order valence-corrected chi connectivity index (χ2v) is 5.24. The van der Waals surface area contributed by atoms with E-state index in [1.54, 1.807) is 6.92 Å². The Balaban J connectivity index is 2.28. The fourth-order valence-corrected chi connectivity index (χ4v) is 2.57. The maximum atomic E-state index is 12.4. The van der Waals surface area contributed by atoms with Crippen molar-refractivity contribution in [2.75, 3.05) is 0 Å². The number of nitrogens with one attached hydrogen (secondary N) is 1. The summed E-state index contributed by atoms with van der Waals surface area (Å²) in [5.41, 5.74) is 0. The van der Waals surface area contributed by atoms with Gasteiger partial charge in [-0.2, -0.15) is 13.2 Å². The molecule has 1 fully saturated rings. The molecule has 0 radical (unpaired) electrons. The number of aliphatic hydroxyl groups is 1. The molecule has 0 saturated heterocycles. The van der Waals surface area contributed by atoms with Crippen molar-refractivity contribution in [2.24, 2.45) is 5.92 Å². The van der Waals surface area contributed by atoms with Gasteiger partial charge in [-0.3, -0.25) is 0 Å². The monoisotopic (exact) mass is 253 g/mol. The molecule has 2 unspecified atom stereocenters.